The first-order valence-corrected chi connectivity index (χ1v) is 13.4. The van der Waals surface area contributed by atoms with Crippen molar-refractivity contribution in [3.63, 3.8) is 0 Å². The SMILES string of the molecule is COc1ccc(O)c(CNc2cccs2)c1.O=S(=O)(O)c1cccc2c(S(=O)(=O)O)cccc12. The molecule has 0 fully saturated rings. The molecular weight excluding hydrogens is 502 g/mol. The molecule has 1 heterocycles. The number of benzene rings is 3. The number of hydrogen-bond donors (Lipinski definition) is 4. The number of rotatable bonds is 6. The molecule has 4 rings (SSSR count). The fourth-order valence-electron chi connectivity index (χ4n) is 3.09. The van der Waals surface area contributed by atoms with Crippen LogP contribution in [0, 0.1) is 0 Å². The van der Waals surface area contributed by atoms with Gasteiger partial charge >= 0.3 is 0 Å². The molecule has 0 spiro atoms. The van der Waals surface area contributed by atoms with E-state index in [0.29, 0.717) is 6.54 Å². The third-order valence-corrected chi connectivity index (χ3v) is 7.31. The van der Waals surface area contributed by atoms with Crippen LogP contribution in [0.2, 0.25) is 0 Å². The lowest BCUT2D eigenvalue weighted by atomic mass is 10.1. The number of hydrogen-bond acceptors (Lipinski definition) is 8. The van der Waals surface area contributed by atoms with Crippen molar-refractivity contribution in [2.75, 3.05) is 12.4 Å². The van der Waals surface area contributed by atoms with E-state index in [1.807, 2.05) is 23.6 Å². The minimum Gasteiger partial charge on any atom is -0.508 e. The van der Waals surface area contributed by atoms with E-state index in [1.54, 1.807) is 30.6 Å². The molecule has 4 aromatic rings. The van der Waals surface area contributed by atoms with E-state index in [0.717, 1.165) is 28.4 Å². The van der Waals surface area contributed by atoms with Crippen LogP contribution in [0.5, 0.6) is 11.5 Å². The number of anilines is 1. The second kappa shape index (κ2) is 10.4. The number of aromatic hydroxyl groups is 1. The minimum atomic E-state index is -4.47. The molecule has 0 aliphatic heterocycles. The number of thiophene rings is 1. The molecule has 0 saturated heterocycles. The van der Waals surface area contributed by atoms with Crippen LogP contribution in [0.25, 0.3) is 10.8 Å². The second-order valence-electron chi connectivity index (χ2n) is 6.88. The predicted octanol–water partition coefficient (Wildman–Crippen LogP) is 4.41. The Morgan fingerprint density at radius 3 is 1.91 bits per heavy atom. The summed E-state index contributed by atoms with van der Waals surface area (Å²) < 4.78 is 67.8. The summed E-state index contributed by atoms with van der Waals surface area (Å²) in [7, 11) is -7.32. The molecular formula is C22H21NO8S3. The van der Waals surface area contributed by atoms with Crippen LogP contribution in [-0.2, 0) is 26.8 Å². The van der Waals surface area contributed by atoms with Crippen molar-refractivity contribution < 1.29 is 35.8 Å². The van der Waals surface area contributed by atoms with E-state index in [-0.39, 0.29) is 16.5 Å². The predicted molar refractivity (Wildman–Crippen MR) is 130 cm³/mol. The molecule has 4 N–H and O–H groups in total. The summed E-state index contributed by atoms with van der Waals surface area (Å²) in [5.41, 5.74) is 0.827. The van der Waals surface area contributed by atoms with Gasteiger partial charge in [-0.15, -0.1) is 11.3 Å². The first-order valence-electron chi connectivity index (χ1n) is 9.60. The van der Waals surface area contributed by atoms with Gasteiger partial charge in [0, 0.05) is 22.9 Å². The van der Waals surface area contributed by atoms with Gasteiger partial charge in [0.25, 0.3) is 20.2 Å². The van der Waals surface area contributed by atoms with Gasteiger partial charge in [-0.25, -0.2) is 0 Å². The third-order valence-electron chi connectivity index (χ3n) is 4.66. The van der Waals surface area contributed by atoms with Crippen LogP contribution < -0.4 is 10.1 Å². The van der Waals surface area contributed by atoms with Gasteiger partial charge < -0.3 is 15.2 Å². The van der Waals surface area contributed by atoms with E-state index in [4.69, 9.17) is 13.8 Å². The molecule has 0 radical (unpaired) electrons. The standard InChI is InChI=1S/C12H13NO2S.C10H8O6S2/c1-15-10-4-5-11(14)9(7-10)8-13-12-3-2-6-16-12;11-17(12,13)9-5-1-3-7-8(9)4-2-6-10(7)18(14,15)16/h2-7,13-14H,8H2,1H3;1-6H,(H,11,12,13)(H,14,15,16). The van der Waals surface area contributed by atoms with Crippen LogP contribution in [0.3, 0.4) is 0 Å². The molecule has 3 aromatic carbocycles. The summed E-state index contributed by atoms with van der Waals surface area (Å²) in [6.45, 7) is 0.587. The lowest BCUT2D eigenvalue weighted by molar-refractivity contribution is 0.411. The molecule has 1 aromatic heterocycles. The Balaban J connectivity index is 0.000000192. The van der Waals surface area contributed by atoms with Crippen molar-refractivity contribution in [3.8, 4) is 11.5 Å². The summed E-state index contributed by atoms with van der Waals surface area (Å²) in [5.74, 6) is 1.03. The zero-order valence-electron chi connectivity index (χ0n) is 17.7. The van der Waals surface area contributed by atoms with Gasteiger partial charge in [0.1, 0.15) is 21.3 Å². The Kier molecular flexibility index (Phi) is 7.79. The zero-order chi connectivity index (χ0) is 24.9. The van der Waals surface area contributed by atoms with E-state index in [1.165, 1.54) is 24.3 Å². The highest BCUT2D eigenvalue weighted by molar-refractivity contribution is 7.86. The average Bonchev–Trinajstić information content (AvgIpc) is 3.30. The van der Waals surface area contributed by atoms with Gasteiger partial charge in [-0.05, 0) is 47.8 Å². The molecule has 0 bridgehead atoms. The van der Waals surface area contributed by atoms with Crippen molar-refractivity contribution in [2.24, 2.45) is 0 Å². The van der Waals surface area contributed by atoms with Crippen molar-refractivity contribution >= 4 is 47.3 Å². The normalized spacial score (nSPS) is 11.5. The summed E-state index contributed by atoms with van der Waals surface area (Å²) in [6.07, 6.45) is 0. The largest absolute Gasteiger partial charge is 0.508 e. The molecule has 0 aliphatic carbocycles. The van der Waals surface area contributed by atoms with Crippen LogP contribution >= 0.6 is 11.3 Å². The fraction of sp³-hybridized carbons (Fsp3) is 0.0909. The summed E-state index contributed by atoms with van der Waals surface area (Å²) in [5, 5.41) is 16.0. The van der Waals surface area contributed by atoms with Crippen LogP contribution in [0.1, 0.15) is 5.56 Å². The maximum Gasteiger partial charge on any atom is 0.295 e. The van der Waals surface area contributed by atoms with Crippen molar-refractivity contribution in [3.05, 3.63) is 77.7 Å². The van der Waals surface area contributed by atoms with E-state index in [2.05, 4.69) is 5.32 Å². The lowest BCUT2D eigenvalue weighted by Gasteiger charge is -2.08. The molecule has 0 amide bonds. The molecule has 0 unspecified atom stereocenters. The second-order valence-corrected chi connectivity index (χ2v) is 10.6. The van der Waals surface area contributed by atoms with Gasteiger partial charge in [-0.2, -0.15) is 16.8 Å². The quantitative estimate of drug-likeness (QED) is 0.269. The Bertz CT molecular complexity index is 1430. The Labute approximate surface area is 200 Å². The number of fused-ring (bicyclic) bond motifs is 1. The van der Waals surface area contributed by atoms with Gasteiger partial charge in [-0.3, -0.25) is 9.11 Å². The molecule has 34 heavy (non-hydrogen) atoms. The maximum absolute atomic E-state index is 11.2. The minimum absolute atomic E-state index is 0.0233. The molecule has 180 valence electrons. The molecule has 0 saturated carbocycles. The first kappa shape index (κ1) is 25.5. The fourth-order valence-corrected chi connectivity index (χ4v) is 5.12. The lowest BCUT2D eigenvalue weighted by Crippen LogP contribution is -2.02. The third kappa shape index (κ3) is 6.24. The monoisotopic (exact) mass is 523 g/mol. The van der Waals surface area contributed by atoms with Crippen LogP contribution in [0.15, 0.2) is 81.9 Å². The van der Waals surface area contributed by atoms with Crippen LogP contribution in [-0.4, -0.2) is 38.2 Å². The number of phenols is 1. The molecule has 0 atom stereocenters. The zero-order valence-corrected chi connectivity index (χ0v) is 20.2. The molecule has 12 heteroatoms. The summed E-state index contributed by atoms with van der Waals surface area (Å²) in [4.78, 5) is -0.823. The highest BCUT2D eigenvalue weighted by atomic mass is 32.2. The van der Waals surface area contributed by atoms with Crippen LogP contribution in [0.4, 0.5) is 5.00 Å². The molecule has 9 nitrogen and oxygen atoms in total. The Morgan fingerprint density at radius 1 is 0.853 bits per heavy atom. The van der Waals surface area contributed by atoms with E-state index >= 15 is 0 Å². The first-order chi connectivity index (χ1) is 16.0. The number of methoxy groups -OCH3 is 1. The average molecular weight is 524 g/mol. The van der Waals surface area contributed by atoms with Gasteiger partial charge in [-0.1, -0.05) is 24.3 Å². The van der Waals surface area contributed by atoms with Gasteiger partial charge in [0.15, 0.2) is 0 Å². The number of phenolic OH excluding ortho intramolecular Hbond substituents is 1. The van der Waals surface area contributed by atoms with E-state index < -0.39 is 30.0 Å². The van der Waals surface area contributed by atoms with E-state index in [9.17, 15) is 21.9 Å². The van der Waals surface area contributed by atoms with Crippen molar-refractivity contribution in [2.45, 2.75) is 16.3 Å². The van der Waals surface area contributed by atoms with Gasteiger partial charge in [0.2, 0.25) is 0 Å². The number of nitrogens with one attached hydrogen (secondary N) is 1. The summed E-state index contributed by atoms with van der Waals surface area (Å²) >= 11 is 1.63. The van der Waals surface area contributed by atoms with Crippen molar-refractivity contribution in [1.82, 2.24) is 0 Å². The van der Waals surface area contributed by atoms with Crippen molar-refractivity contribution in [1.29, 1.82) is 0 Å². The number of ether oxygens (including phenoxy) is 1. The Morgan fingerprint density at radius 2 is 1.44 bits per heavy atom. The highest BCUT2D eigenvalue weighted by Gasteiger charge is 2.19. The smallest absolute Gasteiger partial charge is 0.295 e. The molecule has 0 aliphatic rings. The Hall–Kier alpha value is -3.16. The maximum atomic E-state index is 11.2. The van der Waals surface area contributed by atoms with Gasteiger partial charge in [0.05, 0.1) is 12.1 Å². The highest BCUT2D eigenvalue weighted by Crippen LogP contribution is 2.28. The topological polar surface area (TPSA) is 150 Å². The summed E-state index contributed by atoms with van der Waals surface area (Å²) in [6, 6.07) is 16.7.